The van der Waals surface area contributed by atoms with Gasteiger partial charge in [0, 0.05) is 13.0 Å². The minimum atomic E-state index is 0.245. The molecule has 0 spiro atoms. The Bertz CT molecular complexity index is 401. The molecule has 34 heavy (non-hydrogen) atoms. The molecule has 0 rings (SSSR count). The average molecular weight is 499 g/mol. The van der Waals surface area contributed by atoms with E-state index in [1.54, 1.807) is 0 Å². The van der Waals surface area contributed by atoms with Crippen molar-refractivity contribution in [3.63, 3.8) is 0 Å². The van der Waals surface area contributed by atoms with Crippen LogP contribution < -0.4 is 5.32 Å². The summed E-state index contributed by atoms with van der Waals surface area (Å²) < 4.78 is 0. The smallest absolute Gasteiger partial charge is 0.219 e. The highest BCUT2D eigenvalue weighted by Crippen LogP contribution is 2.15. The summed E-state index contributed by atoms with van der Waals surface area (Å²) in [5.74, 6) is 2.98. The molecule has 3 nitrogen and oxygen atoms in total. The van der Waals surface area contributed by atoms with Gasteiger partial charge in [0.25, 0.3) is 0 Å². The fraction of sp³-hybridized carbons (Fsp3) is 0.967. The molecule has 0 saturated heterocycles. The number of carbonyl (C=O) groups excluding carboxylic acids is 1. The SMILES string of the molecule is CCCCCCCCCCCCSCCCCCCCCCCC(=O)NCCCN(CC)CC. The van der Waals surface area contributed by atoms with Crippen molar-refractivity contribution >= 4 is 17.7 Å². The lowest BCUT2D eigenvalue weighted by molar-refractivity contribution is -0.121. The Morgan fingerprint density at radius 2 is 1.03 bits per heavy atom. The summed E-state index contributed by atoms with van der Waals surface area (Å²) in [5.41, 5.74) is 0. The zero-order valence-electron chi connectivity index (χ0n) is 23.6. The van der Waals surface area contributed by atoms with Crippen molar-refractivity contribution in [2.45, 2.75) is 149 Å². The van der Waals surface area contributed by atoms with E-state index in [0.717, 1.165) is 39.0 Å². The maximum Gasteiger partial charge on any atom is 0.219 e. The highest BCUT2D eigenvalue weighted by molar-refractivity contribution is 7.99. The van der Waals surface area contributed by atoms with Crippen molar-refractivity contribution in [1.29, 1.82) is 0 Å². The van der Waals surface area contributed by atoms with Crippen LogP contribution in [0, 0.1) is 0 Å². The van der Waals surface area contributed by atoms with E-state index in [-0.39, 0.29) is 5.91 Å². The van der Waals surface area contributed by atoms with Gasteiger partial charge in [-0.3, -0.25) is 4.79 Å². The van der Waals surface area contributed by atoms with E-state index in [1.165, 1.54) is 121 Å². The number of nitrogens with one attached hydrogen (secondary N) is 1. The van der Waals surface area contributed by atoms with E-state index in [9.17, 15) is 4.79 Å². The number of nitrogens with zero attached hydrogens (tertiary/aromatic N) is 1. The molecule has 204 valence electrons. The van der Waals surface area contributed by atoms with E-state index < -0.39 is 0 Å². The summed E-state index contributed by atoms with van der Waals surface area (Å²) in [6.45, 7) is 10.8. The molecule has 0 saturated carbocycles. The first-order valence-electron chi connectivity index (χ1n) is 15.3. The Hall–Kier alpha value is -0.220. The van der Waals surface area contributed by atoms with E-state index in [1.807, 2.05) is 0 Å². The zero-order valence-corrected chi connectivity index (χ0v) is 24.5. The van der Waals surface area contributed by atoms with Gasteiger partial charge in [0.1, 0.15) is 0 Å². The van der Waals surface area contributed by atoms with Gasteiger partial charge < -0.3 is 10.2 Å². The van der Waals surface area contributed by atoms with Crippen LogP contribution in [0.3, 0.4) is 0 Å². The lowest BCUT2D eigenvalue weighted by Crippen LogP contribution is -2.29. The number of amides is 1. The lowest BCUT2D eigenvalue weighted by Gasteiger charge is -2.17. The average Bonchev–Trinajstić information content (AvgIpc) is 2.85. The van der Waals surface area contributed by atoms with Gasteiger partial charge in [0.15, 0.2) is 0 Å². The molecule has 0 aromatic heterocycles. The second-order valence-electron chi connectivity index (χ2n) is 10.1. The van der Waals surface area contributed by atoms with Gasteiger partial charge in [0.05, 0.1) is 0 Å². The van der Waals surface area contributed by atoms with Gasteiger partial charge in [-0.05, 0) is 56.8 Å². The fourth-order valence-corrected chi connectivity index (χ4v) is 5.52. The molecule has 0 aliphatic rings. The lowest BCUT2D eigenvalue weighted by atomic mass is 10.1. The van der Waals surface area contributed by atoms with E-state index >= 15 is 0 Å². The predicted octanol–water partition coefficient (Wildman–Crippen LogP) is 9.00. The van der Waals surface area contributed by atoms with Gasteiger partial charge in [-0.25, -0.2) is 0 Å². The molecule has 0 radical (unpaired) electrons. The van der Waals surface area contributed by atoms with E-state index in [0.29, 0.717) is 6.42 Å². The molecule has 0 bridgehead atoms. The summed E-state index contributed by atoms with van der Waals surface area (Å²) in [7, 11) is 0. The molecule has 0 aliphatic heterocycles. The van der Waals surface area contributed by atoms with Crippen molar-refractivity contribution in [1.82, 2.24) is 10.2 Å². The second-order valence-corrected chi connectivity index (χ2v) is 11.3. The first-order chi connectivity index (χ1) is 16.7. The third-order valence-corrected chi connectivity index (χ3v) is 8.11. The number of unbranched alkanes of at least 4 members (excludes halogenated alkanes) is 16. The van der Waals surface area contributed by atoms with Crippen molar-refractivity contribution in [2.75, 3.05) is 37.7 Å². The van der Waals surface area contributed by atoms with Crippen molar-refractivity contribution < 1.29 is 4.79 Å². The van der Waals surface area contributed by atoms with Crippen LogP contribution in [0.1, 0.15) is 149 Å². The number of hydrogen-bond acceptors (Lipinski definition) is 3. The number of rotatable bonds is 28. The van der Waals surface area contributed by atoms with E-state index in [2.05, 4.69) is 42.7 Å². The van der Waals surface area contributed by atoms with Gasteiger partial charge in [-0.2, -0.15) is 11.8 Å². The normalized spacial score (nSPS) is 11.4. The summed E-state index contributed by atoms with van der Waals surface area (Å²) in [4.78, 5) is 14.3. The number of thioether (sulfide) groups is 1. The molecule has 0 heterocycles. The summed E-state index contributed by atoms with van der Waals surface area (Å²) >= 11 is 2.18. The maximum absolute atomic E-state index is 11.9. The van der Waals surface area contributed by atoms with E-state index in [4.69, 9.17) is 0 Å². The van der Waals surface area contributed by atoms with Crippen LogP contribution in [0.2, 0.25) is 0 Å². The Morgan fingerprint density at radius 3 is 1.50 bits per heavy atom. The first kappa shape index (κ1) is 33.8. The molecule has 1 amide bonds. The van der Waals surface area contributed by atoms with Crippen LogP contribution in [0.4, 0.5) is 0 Å². The highest BCUT2D eigenvalue weighted by Gasteiger charge is 2.02. The van der Waals surface area contributed by atoms with Crippen molar-refractivity contribution in [2.24, 2.45) is 0 Å². The minimum absolute atomic E-state index is 0.245. The number of hydrogen-bond donors (Lipinski definition) is 1. The summed E-state index contributed by atoms with van der Waals surface area (Å²) in [5, 5.41) is 3.08. The van der Waals surface area contributed by atoms with Crippen LogP contribution in [0.25, 0.3) is 0 Å². The quantitative estimate of drug-likeness (QED) is 0.109. The Balaban J connectivity index is 3.15. The summed E-state index contributed by atoms with van der Waals surface area (Å²) in [6, 6.07) is 0. The molecule has 0 aromatic carbocycles. The maximum atomic E-state index is 11.9. The van der Waals surface area contributed by atoms with Crippen LogP contribution in [0.5, 0.6) is 0 Å². The van der Waals surface area contributed by atoms with Crippen LogP contribution >= 0.6 is 11.8 Å². The van der Waals surface area contributed by atoms with Gasteiger partial charge in [-0.1, -0.05) is 117 Å². The van der Waals surface area contributed by atoms with Crippen LogP contribution in [-0.2, 0) is 4.79 Å². The largest absolute Gasteiger partial charge is 0.356 e. The first-order valence-corrected chi connectivity index (χ1v) is 16.5. The fourth-order valence-electron chi connectivity index (χ4n) is 4.50. The molecule has 0 unspecified atom stereocenters. The highest BCUT2D eigenvalue weighted by atomic mass is 32.2. The minimum Gasteiger partial charge on any atom is -0.356 e. The van der Waals surface area contributed by atoms with Crippen LogP contribution in [0.15, 0.2) is 0 Å². The molecule has 1 N–H and O–H groups in total. The summed E-state index contributed by atoms with van der Waals surface area (Å²) in [6.07, 6.45) is 26.6. The van der Waals surface area contributed by atoms with Crippen LogP contribution in [-0.4, -0.2) is 48.5 Å². The molecular formula is C30H62N2OS. The molecule has 0 fully saturated rings. The third kappa shape index (κ3) is 26.4. The van der Waals surface area contributed by atoms with Crippen molar-refractivity contribution in [3.05, 3.63) is 0 Å². The molecular weight excluding hydrogens is 436 g/mol. The van der Waals surface area contributed by atoms with Gasteiger partial charge >= 0.3 is 0 Å². The molecule has 0 aromatic rings. The Labute approximate surface area is 219 Å². The predicted molar refractivity (Wildman–Crippen MR) is 156 cm³/mol. The third-order valence-electron chi connectivity index (χ3n) is 6.95. The van der Waals surface area contributed by atoms with Crippen molar-refractivity contribution in [3.8, 4) is 0 Å². The molecule has 4 heteroatoms. The topological polar surface area (TPSA) is 32.3 Å². The van der Waals surface area contributed by atoms with Gasteiger partial charge in [-0.15, -0.1) is 0 Å². The van der Waals surface area contributed by atoms with Gasteiger partial charge in [0.2, 0.25) is 5.91 Å². The number of carbonyl (C=O) groups is 1. The zero-order chi connectivity index (χ0) is 25.0. The standard InChI is InChI=1S/C30H62N2OS/c1-4-7-8-9-10-11-13-16-19-22-28-34-29-23-20-17-14-12-15-18-21-25-30(33)31-26-24-27-32(5-2)6-3/h4-29H2,1-3H3,(H,31,33). The second kappa shape index (κ2) is 29.0. The Morgan fingerprint density at radius 1 is 0.588 bits per heavy atom. The monoisotopic (exact) mass is 498 g/mol. The molecule has 0 atom stereocenters. The Kier molecular flexibility index (Phi) is 28.8. The molecule has 0 aliphatic carbocycles.